The van der Waals surface area contributed by atoms with E-state index in [1.165, 1.54) is 72.9 Å². The van der Waals surface area contributed by atoms with Gasteiger partial charge in [-0.2, -0.15) is 0 Å². The Hall–Kier alpha value is -2.70. The predicted octanol–water partition coefficient (Wildman–Crippen LogP) is 9.28. The monoisotopic (exact) mass is 514 g/mol. The maximum absolute atomic E-state index is 4.51. The highest BCUT2D eigenvalue weighted by molar-refractivity contribution is 7.15. The molecule has 5 aromatic rings. The molecule has 186 valence electrons. The highest BCUT2D eigenvalue weighted by Gasteiger charge is 2.11. The smallest absolute Gasteiger partial charge is 0.143 e. The van der Waals surface area contributed by atoms with Crippen LogP contribution in [-0.4, -0.2) is 20.4 Å². The SMILES string of the molecule is CCCCCCc1nnc(-c2ccc3c(ccc4ccc(-c5nnc(CCCCCC)s5)cc43)c2)s1. The molecule has 0 aliphatic carbocycles. The molecule has 3 aromatic carbocycles. The van der Waals surface area contributed by atoms with Crippen LogP contribution in [0, 0.1) is 0 Å². The largest absolute Gasteiger partial charge is 0.147 e. The Balaban J connectivity index is 1.37. The molecule has 5 rings (SSSR count). The van der Waals surface area contributed by atoms with Crippen LogP contribution in [0.1, 0.15) is 75.2 Å². The average molecular weight is 515 g/mol. The van der Waals surface area contributed by atoms with Crippen molar-refractivity contribution in [2.75, 3.05) is 0 Å². The molecule has 0 amide bonds. The summed E-state index contributed by atoms with van der Waals surface area (Å²) in [5, 5.41) is 27.2. The van der Waals surface area contributed by atoms with Gasteiger partial charge in [0, 0.05) is 24.0 Å². The summed E-state index contributed by atoms with van der Waals surface area (Å²) in [5.41, 5.74) is 2.29. The van der Waals surface area contributed by atoms with Gasteiger partial charge in [0.05, 0.1) is 0 Å². The lowest BCUT2D eigenvalue weighted by Crippen LogP contribution is -1.84. The van der Waals surface area contributed by atoms with Gasteiger partial charge in [-0.3, -0.25) is 0 Å². The molecular weight excluding hydrogens is 480 g/mol. The van der Waals surface area contributed by atoms with E-state index in [9.17, 15) is 0 Å². The lowest BCUT2D eigenvalue weighted by molar-refractivity contribution is 0.663. The first kappa shape index (κ1) is 25.0. The van der Waals surface area contributed by atoms with Crippen LogP contribution in [0.4, 0.5) is 0 Å². The number of fused-ring (bicyclic) bond motifs is 3. The zero-order valence-electron chi connectivity index (χ0n) is 21.3. The third-order valence-corrected chi connectivity index (χ3v) is 8.82. The second kappa shape index (κ2) is 12.0. The van der Waals surface area contributed by atoms with Gasteiger partial charge in [-0.25, -0.2) is 0 Å². The van der Waals surface area contributed by atoms with Gasteiger partial charge in [-0.15, -0.1) is 20.4 Å². The highest BCUT2D eigenvalue weighted by atomic mass is 32.1. The normalized spacial score (nSPS) is 11.6. The topological polar surface area (TPSA) is 51.6 Å². The summed E-state index contributed by atoms with van der Waals surface area (Å²) in [6.45, 7) is 4.49. The molecule has 0 saturated heterocycles. The first-order valence-electron chi connectivity index (χ1n) is 13.4. The summed E-state index contributed by atoms with van der Waals surface area (Å²) in [4.78, 5) is 0. The summed E-state index contributed by atoms with van der Waals surface area (Å²) in [5.74, 6) is 0. The molecule has 0 bridgehead atoms. The number of unbranched alkanes of at least 4 members (excludes halogenated alkanes) is 6. The van der Waals surface area contributed by atoms with Crippen molar-refractivity contribution in [3.63, 3.8) is 0 Å². The van der Waals surface area contributed by atoms with Gasteiger partial charge < -0.3 is 0 Å². The summed E-state index contributed by atoms with van der Waals surface area (Å²) in [6.07, 6.45) is 12.1. The molecule has 0 N–H and O–H groups in total. The summed E-state index contributed by atoms with van der Waals surface area (Å²) < 4.78 is 0. The standard InChI is InChI=1S/C30H34N4S2/c1-3-5-7-9-11-27-31-33-29(35-27)23-17-18-25-22(19-23)15-13-21-14-16-24(20-26(21)25)30-34-32-28(36-30)12-10-8-6-4-2/h13-20H,3-12H2,1-2H3. The summed E-state index contributed by atoms with van der Waals surface area (Å²) in [6, 6.07) is 17.8. The first-order valence-corrected chi connectivity index (χ1v) is 15.0. The molecule has 0 unspecified atom stereocenters. The van der Waals surface area contributed by atoms with Gasteiger partial charge in [0.1, 0.15) is 20.0 Å². The Kier molecular flexibility index (Phi) is 8.34. The Labute approximate surface area is 221 Å². The molecular formula is C30H34N4S2. The second-order valence-corrected chi connectivity index (χ2v) is 11.7. The number of hydrogen-bond acceptors (Lipinski definition) is 6. The molecule has 0 aliphatic rings. The second-order valence-electron chi connectivity index (χ2n) is 9.56. The zero-order chi connectivity index (χ0) is 24.7. The highest BCUT2D eigenvalue weighted by Crippen LogP contribution is 2.34. The lowest BCUT2D eigenvalue weighted by atomic mass is 9.99. The molecule has 4 nitrogen and oxygen atoms in total. The zero-order valence-corrected chi connectivity index (χ0v) is 22.9. The average Bonchev–Trinajstić information content (AvgIpc) is 3.59. The van der Waals surface area contributed by atoms with Gasteiger partial charge >= 0.3 is 0 Å². The van der Waals surface area contributed by atoms with Crippen molar-refractivity contribution in [3.05, 3.63) is 58.5 Å². The van der Waals surface area contributed by atoms with Crippen molar-refractivity contribution in [1.82, 2.24) is 20.4 Å². The number of hydrogen-bond donors (Lipinski definition) is 0. The molecule has 6 heteroatoms. The van der Waals surface area contributed by atoms with Crippen molar-refractivity contribution in [3.8, 4) is 21.1 Å². The molecule has 0 radical (unpaired) electrons. The van der Waals surface area contributed by atoms with Gasteiger partial charge in [0.2, 0.25) is 0 Å². The van der Waals surface area contributed by atoms with E-state index in [1.54, 1.807) is 22.7 Å². The number of aryl methyl sites for hydroxylation is 2. The van der Waals surface area contributed by atoms with Crippen LogP contribution in [0.25, 0.3) is 42.7 Å². The third-order valence-electron chi connectivity index (χ3n) is 6.75. The van der Waals surface area contributed by atoms with E-state index in [0.717, 1.165) is 44.0 Å². The third kappa shape index (κ3) is 5.81. The van der Waals surface area contributed by atoms with Crippen LogP contribution < -0.4 is 0 Å². The van der Waals surface area contributed by atoms with E-state index in [4.69, 9.17) is 0 Å². The quantitative estimate of drug-likeness (QED) is 0.123. The fourth-order valence-electron chi connectivity index (χ4n) is 4.67. The molecule has 0 aliphatic heterocycles. The van der Waals surface area contributed by atoms with Gasteiger partial charge in [0.15, 0.2) is 0 Å². The minimum Gasteiger partial charge on any atom is -0.143 e. The van der Waals surface area contributed by atoms with Crippen molar-refractivity contribution in [1.29, 1.82) is 0 Å². The van der Waals surface area contributed by atoms with E-state index in [0.29, 0.717) is 0 Å². The fourth-order valence-corrected chi connectivity index (χ4v) is 6.43. The van der Waals surface area contributed by atoms with Crippen LogP contribution in [0.2, 0.25) is 0 Å². The fraction of sp³-hybridized carbons (Fsp3) is 0.400. The van der Waals surface area contributed by atoms with Gasteiger partial charge in [-0.05, 0) is 46.5 Å². The van der Waals surface area contributed by atoms with E-state index < -0.39 is 0 Å². The van der Waals surface area contributed by atoms with Crippen molar-refractivity contribution in [2.24, 2.45) is 0 Å². The molecule has 36 heavy (non-hydrogen) atoms. The van der Waals surface area contributed by atoms with E-state index in [-0.39, 0.29) is 0 Å². The van der Waals surface area contributed by atoms with Gasteiger partial charge in [0.25, 0.3) is 0 Å². The number of aromatic nitrogens is 4. The molecule has 2 heterocycles. The molecule has 0 atom stereocenters. The predicted molar refractivity (Wildman–Crippen MR) is 155 cm³/mol. The Morgan fingerprint density at radius 2 is 1.08 bits per heavy atom. The van der Waals surface area contributed by atoms with E-state index >= 15 is 0 Å². The van der Waals surface area contributed by atoms with Crippen LogP contribution in [-0.2, 0) is 12.8 Å². The van der Waals surface area contributed by atoms with E-state index in [1.807, 2.05) is 0 Å². The Bertz CT molecular complexity index is 1440. The van der Waals surface area contributed by atoms with Crippen molar-refractivity contribution < 1.29 is 0 Å². The van der Waals surface area contributed by atoms with Crippen molar-refractivity contribution >= 4 is 44.2 Å². The lowest BCUT2D eigenvalue weighted by Gasteiger charge is -2.07. The van der Waals surface area contributed by atoms with E-state index in [2.05, 4.69) is 82.8 Å². The summed E-state index contributed by atoms with van der Waals surface area (Å²) >= 11 is 3.46. The minimum atomic E-state index is 1.01. The van der Waals surface area contributed by atoms with Crippen LogP contribution >= 0.6 is 22.7 Å². The first-order chi connectivity index (χ1) is 17.7. The molecule has 2 aromatic heterocycles. The van der Waals surface area contributed by atoms with Crippen LogP contribution in [0.5, 0.6) is 0 Å². The van der Waals surface area contributed by atoms with Crippen LogP contribution in [0.3, 0.4) is 0 Å². The number of rotatable bonds is 12. The summed E-state index contributed by atoms with van der Waals surface area (Å²) in [7, 11) is 0. The van der Waals surface area contributed by atoms with Gasteiger partial charge in [-0.1, -0.05) is 111 Å². The maximum atomic E-state index is 4.51. The Morgan fingerprint density at radius 1 is 0.528 bits per heavy atom. The Morgan fingerprint density at radius 3 is 1.72 bits per heavy atom. The maximum Gasteiger partial charge on any atom is 0.147 e. The molecule has 0 saturated carbocycles. The van der Waals surface area contributed by atoms with Crippen molar-refractivity contribution in [2.45, 2.75) is 78.1 Å². The van der Waals surface area contributed by atoms with Crippen LogP contribution in [0.15, 0.2) is 48.5 Å². The number of benzene rings is 3. The minimum absolute atomic E-state index is 1.01. The molecule has 0 fully saturated rings. The number of nitrogens with zero attached hydrogens (tertiary/aromatic N) is 4. The molecule has 0 spiro atoms.